The van der Waals surface area contributed by atoms with Crippen molar-refractivity contribution in [2.75, 3.05) is 4.90 Å². The summed E-state index contributed by atoms with van der Waals surface area (Å²) < 4.78 is 0. The van der Waals surface area contributed by atoms with Gasteiger partial charge in [0, 0.05) is 10.4 Å². The van der Waals surface area contributed by atoms with Gasteiger partial charge in [-0.25, -0.2) is 9.88 Å². The molecule has 3 aliphatic rings. The first-order valence-corrected chi connectivity index (χ1v) is 10.9. The van der Waals surface area contributed by atoms with Crippen molar-refractivity contribution in [2.24, 2.45) is 23.7 Å². The van der Waals surface area contributed by atoms with Crippen LogP contribution in [0.2, 0.25) is 0 Å². The predicted octanol–water partition coefficient (Wildman–Crippen LogP) is 4.85. The minimum atomic E-state index is -0.176. The average molecular weight is 393 g/mol. The third-order valence-corrected chi connectivity index (χ3v) is 7.86. The summed E-state index contributed by atoms with van der Waals surface area (Å²) in [6.45, 7) is 6.33. The van der Waals surface area contributed by atoms with Gasteiger partial charge in [0.05, 0.1) is 17.5 Å². The summed E-state index contributed by atoms with van der Waals surface area (Å²) in [7, 11) is 0. The van der Waals surface area contributed by atoms with Gasteiger partial charge in [0.2, 0.25) is 11.8 Å². The van der Waals surface area contributed by atoms with Crippen LogP contribution in [0, 0.1) is 23.7 Å². The molecule has 2 bridgehead atoms. The second kappa shape index (κ2) is 6.38. The largest absolute Gasteiger partial charge is 0.274 e. The Hall–Kier alpha value is -2.27. The number of benzene rings is 1. The van der Waals surface area contributed by atoms with Gasteiger partial charge in [-0.2, -0.15) is 0 Å². The van der Waals surface area contributed by atoms with E-state index < -0.39 is 0 Å². The van der Waals surface area contributed by atoms with E-state index in [0.29, 0.717) is 5.13 Å². The Morgan fingerprint density at radius 3 is 2.21 bits per heavy atom. The second-order valence-electron chi connectivity index (χ2n) is 8.30. The number of anilines is 1. The molecular formula is C23H24N2O2S. The van der Waals surface area contributed by atoms with Gasteiger partial charge in [0.1, 0.15) is 0 Å². The van der Waals surface area contributed by atoms with Crippen molar-refractivity contribution in [3.63, 3.8) is 0 Å². The van der Waals surface area contributed by atoms with Gasteiger partial charge in [0.25, 0.3) is 0 Å². The summed E-state index contributed by atoms with van der Waals surface area (Å²) in [5, 5.41) is 0.554. The summed E-state index contributed by atoms with van der Waals surface area (Å²) in [5.74, 6) is 0.0887. The minimum Gasteiger partial charge on any atom is -0.274 e. The normalized spacial score (nSPS) is 28.4. The molecule has 28 heavy (non-hydrogen) atoms. The van der Waals surface area contributed by atoms with Crippen molar-refractivity contribution in [2.45, 2.75) is 40.0 Å². The van der Waals surface area contributed by atoms with Gasteiger partial charge < -0.3 is 0 Å². The summed E-state index contributed by atoms with van der Waals surface area (Å²) in [5.41, 5.74) is 4.61. The zero-order chi connectivity index (χ0) is 19.6. The minimum absolute atomic E-state index is 0.0306. The number of rotatable bonds is 3. The number of fused-ring (bicyclic) bond motifs is 5. The fourth-order valence-electron chi connectivity index (χ4n) is 5.68. The molecule has 3 fully saturated rings. The van der Waals surface area contributed by atoms with Crippen LogP contribution in [0.3, 0.4) is 0 Å². The zero-order valence-electron chi connectivity index (χ0n) is 16.4. The van der Waals surface area contributed by atoms with Crippen LogP contribution in [-0.4, -0.2) is 16.8 Å². The first kappa shape index (κ1) is 17.8. The molecule has 144 valence electrons. The number of aryl methyl sites for hydroxylation is 1. The molecule has 1 aromatic carbocycles. The molecule has 2 aromatic rings. The maximum absolute atomic E-state index is 13.4. The highest BCUT2D eigenvalue weighted by Gasteiger charge is 2.64. The van der Waals surface area contributed by atoms with Crippen LogP contribution < -0.4 is 4.90 Å². The maximum atomic E-state index is 13.4. The first-order chi connectivity index (χ1) is 13.5. The van der Waals surface area contributed by atoms with Crippen LogP contribution in [0.15, 0.2) is 41.5 Å². The number of hydrogen-bond donors (Lipinski definition) is 0. The second-order valence-corrected chi connectivity index (χ2v) is 9.36. The maximum Gasteiger partial charge on any atom is 0.240 e. The SMILES string of the molecule is CCc1sc(N2C(=O)[C@@H]3[C@H](C2=O)[C@@H]2CC[C@@H]3C2=C(C)C)nc1-c1ccccc1. The molecule has 5 heteroatoms. The molecule has 2 aliphatic carbocycles. The standard InChI is InChI=1S/C23H24N2O2S/c1-4-16-20(13-8-6-5-7-9-13)24-23(28-16)25-21(26)18-14-10-11-15(17(14)12(2)3)19(18)22(25)27/h5-9,14-15,18-19H,4,10-11H2,1-3H3/t14-,15-,18-,19+/m1/s1. The molecule has 1 aliphatic heterocycles. The molecule has 2 amide bonds. The van der Waals surface area contributed by atoms with Gasteiger partial charge >= 0.3 is 0 Å². The molecule has 4 nitrogen and oxygen atoms in total. The highest BCUT2D eigenvalue weighted by Crippen LogP contribution is 2.60. The van der Waals surface area contributed by atoms with Crippen LogP contribution in [-0.2, 0) is 16.0 Å². The van der Waals surface area contributed by atoms with Crippen molar-refractivity contribution in [3.05, 3.63) is 46.4 Å². The smallest absolute Gasteiger partial charge is 0.240 e. The molecule has 0 radical (unpaired) electrons. The monoisotopic (exact) mass is 392 g/mol. The number of allylic oxidation sites excluding steroid dienone is 2. The van der Waals surface area contributed by atoms with Crippen LogP contribution >= 0.6 is 11.3 Å². The van der Waals surface area contributed by atoms with Crippen molar-refractivity contribution < 1.29 is 9.59 Å². The number of imide groups is 1. The summed E-state index contributed by atoms with van der Waals surface area (Å²) in [6, 6.07) is 10.0. The molecule has 0 spiro atoms. The van der Waals surface area contributed by atoms with Gasteiger partial charge in [-0.1, -0.05) is 48.4 Å². The average Bonchev–Trinajstić information content (AvgIpc) is 3.43. The Labute approximate surface area is 169 Å². The van der Waals surface area contributed by atoms with E-state index in [-0.39, 0.29) is 35.5 Å². The number of aromatic nitrogens is 1. The third-order valence-electron chi connectivity index (χ3n) is 6.68. The van der Waals surface area contributed by atoms with Gasteiger partial charge in [-0.3, -0.25) is 9.59 Å². The van der Waals surface area contributed by atoms with Gasteiger partial charge in [0.15, 0.2) is 5.13 Å². The topological polar surface area (TPSA) is 50.3 Å². The molecular weight excluding hydrogens is 368 g/mol. The molecule has 1 aromatic heterocycles. The number of carbonyl (C=O) groups excluding carboxylic acids is 2. The van der Waals surface area contributed by atoms with E-state index in [1.165, 1.54) is 27.4 Å². The Balaban J connectivity index is 1.55. The molecule has 0 unspecified atom stereocenters. The molecule has 1 saturated heterocycles. The molecule has 5 rings (SSSR count). The summed E-state index contributed by atoms with van der Waals surface area (Å²) in [6.07, 6.45) is 2.90. The van der Waals surface area contributed by atoms with E-state index in [1.54, 1.807) is 0 Å². The lowest BCUT2D eigenvalue weighted by Crippen LogP contribution is -2.33. The Morgan fingerprint density at radius 1 is 1.07 bits per heavy atom. The molecule has 4 atom stereocenters. The van der Waals surface area contributed by atoms with Gasteiger partial charge in [-0.05, 0) is 44.9 Å². The van der Waals surface area contributed by atoms with E-state index in [2.05, 4.69) is 20.8 Å². The highest BCUT2D eigenvalue weighted by atomic mass is 32.1. The van der Waals surface area contributed by atoms with Crippen molar-refractivity contribution >= 4 is 28.3 Å². The van der Waals surface area contributed by atoms with Crippen LogP contribution in [0.5, 0.6) is 0 Å². The van der Waals surface area contributed by atoms with Crippen molar-refractivity contribution in [1.29, 1.82) is 0 Å². The first-order valence-electron chi connectivity index (χ1n) is 10.1. The fourth-order valence-corrected chi connectivity index (χ4v) is 6.71. The Morgan fingerprint density at radius 2 is 1.68 bits per heavy atom. The number of carbonyl (C=O) groups is 2. The van der Waals surface area contributed by atoms with E-state index in [4.69, 9.17) is 4.98 Å². The zero-order valence-corrected chi connectivity index (χ0v) is 17.3. The lowest BCUT2D eigenvalue weighted by atomic mass is 9.81. The Kier molecular flexibility index (Phi) is 4.05. The highest BCUT2D eigenvalue weighted by molar-refractivity contribution is 7.16. The number of hydrogen-bond acceptors (Lipinski definition) is 4. The van der Waals surface area contributed by atoms with Gasteiger partial charge in [-0.15, -0.1) is 11.3 Å². The lowest BCUT2D eigenvalue weighted by molar-refractivity contribution is -0.123. The molecule has 2 saturated carbocycles. The van der Waals surface area contributed by atoms with E-state index in [0.717, 1.165) is 35.4 Å². The number of thiazole rings is 1. The van der Waals surface area contributed by atoms with Crippen LogP contribution in [0.1, 0.15) is 38.5 Å². The quantitative estimate of drug-likeness (QED) is 0.554. The number of amides is 2. The van der Waals surface area contributed by atoms with Crippen LogP contribution in [0.4, 0.5) is 5.13 Å². The summed E-state index contributed by atoms with van der Waals surface area (Å²) in [4.78, 5) is 34.0. The van der Waals surface area contributed by atoms with E-state index in [1.807, 2.05) is 30.3 Å². The van der Waals surface area contributed by atoms with E-state index >= 15 is 0 Å². The van der Waals surface area contributed by atoms with Crippen LogP contribution in [0.25, 0.3) is 11.3 Å². The summed E-state index contributed by atoms with van der Waals surface area (Å²) >= 11 is 1.49. The predicted molar refractivity (Wildman–Crippen MR) is 111 cm³/mol. The lowest BCUT2D eigenvalue weighted by Gasteiger charge is -2.18. The fraction of sp³-hybridized carbons (Fsp3) is 0.435. The third kappa shape index (κ3) is 2.32. The van der Waals surface area contributed by atoms with Crippen molar-refractivity contribution in [1.82, 2.24) is 4.98 Å². The molecule has 2 heterocycles. The van der Waals surface area contributed by atoms with E-state index in [9.17, 15) is 9.59 Å². The van der Waals surface area contributed by atoms with Crippen molar-refractivity contribution in [3.8, 4) is 11.3 Å². The Bertz CT molecular complexity index is 971. The number of nitrogens with zero attached hydrogens (tertiary/aromatic N) is 2. The molecule has 0 N–H and O–H groups in total.